The van der Waals surface area contributed by atoms with Gasteiger partial charge >= 0.3 is 0 Å². The van der Waals surface area contributed by atoms with Crippen molar-refractivity contribution in [2.45, 2.75) is 18.9 Å². The Morgan fingerprint density at radius 3 is 2.62 bits per heavy atom. The van der Waals surface area contributed by atoms with E-state index in [4.69, 9.17) is 0 Å². The molecule has 5 nitrogen and oxygen atoms in total. The number of nitrogens with one attached hydrogen (secondary N) is 3. The molecular weight excluding hydrogens is 206 g/mol. The summed E-state index contributed by atoms with van der Waals surface area (Å²) in [5, 5.41) is 9.16. The highest BCUT2D eigenvalue weighted by molar-refractivity contribution is 5.84. The smallest absolute Gasteiger partial charge is 0.225 e. The lowest BCUT2D eigenvalue weighted by Crippen LogP contribution is -2.44. The first-order chi connectivity index (χ1) is 7.75. The van der Waals surface area contributed by atoms with Gasteiger partial charge in [-0.05, 0) is 18.3 Å². The molecule has 2 aliphatic heterocycles. The average molecular weight is 223 g/mol. The van der Waals surface area contributed by atoms with Gasteiger partial charge in [-0.2, -0.15) is 0 Å². The molecule has 1 saturated carbocycles. The normalized spacial score (nSPS) is 41.1. The number of rotatable bonds is 2. The summed E-state index contributed by atoms with van der Waals surface area (Å²) in [6.07, 6.45) is 1.18. The summed E-state index contributed by atoms with van der Waals surface area (Å²) in [6, 6.07) is 0.395. The molecule has 5 heteroatoms. The Balaban J connectivity index is 1.49. The molecule has 2 saturated heterocycles. The first-order valence-electron chi connectivity index (χ1n) is 6.03. The average Bonchev–Trinajstić information content (AvgIpc) is 2.75. The molecule has 0 radical (unpaired) electrons. The molecule has 3 rings (SSSR count). The monoisotopic (exact) mass is 223 g/mol. The van der Waals surface area contributed by atoms with Gasteiger partial charge < -0.3 is 16.0 Å². The zero-order valence-electron chi connectivity index (χ0n) is 9.16. The molecule has 88 valence electrons. The summed E-state index contributed by atoms with van der Waals surface area (Å²) in [7, 11) is 0. The van der Waals surface area contributed by atoms with Crippen LogP contribution in [0.25, 0.3) is 0 Å². The molecule has 1 aliphatic carbocycles. The van der Waals surface area contributed by atoms with Gasteiger partial charge in [0.15, 0.2) is 0 Å². The maximum Gasteiger partial charge on any atom is 0.225 e. The van der Waals surface area contributed by atoms with E-state index in [0.29, 0.717) is 37.3 Å². The van der Waals surface area contributed by atoms with Crippen molar-refractivity contribution in [2.24, 2.45) is 17.8 Å². The highest BCUT2D eigenvalue weighted by Gasteiger charge is 2.53. The van der Waals surface area contributed by atoms with Gasteiger partial charge in [-0.1, -0.05) is 0 Å². The van der Waals surface area contributed by atoms with Crippen LogP contribution < -0.4 is 16.0 Å². The molecule has 3 unspecified atom stereocenters. The third-order valence-electron chi connectivity index (χ3n) is 4.04. The van der Waals surface area contributed by atoms with Crippen molar-refractivity contribution in [1.29, 1.82) is 0 Å². The van der Waals surface area contributed by atoms with Crippen molar-refractivity contribution in [3.05, 3.63) is 0 Å². The molecule has 3 fully saturated rings. The number of amides is 2. The fraction of sp³-hybridized carbons (Fsp3) is 0.818. The van der Waals surface area contributed by atoms with Gasteiger partial charge in [0.05, 0.1) is 5.92 Å². The number of hydrogen-bond acceptors (Lipinski definition) is 3. The first-order valence-corrected chi connectivity index (χ1v) is 6.03. The lowest BCUT2D eigenvalue weighted by Gasteiger charge is -2.22. The number of piperidine rings is 2. The van der Waals surface area contributed by atoms with E-state index in [1.54, 1.807) is 0 Å². The van der Waals surface area contributed by atoms with E-state index in [0.717, 1.165) is 13.1 Å². The Bertz CT molecular complexity index is 311. The molecule has 0 aromatic heterocycles. The maximum absolute atomic E-state index is 11.9. The predicted molar refractivity (Wildman–Crippen MR) is 57.5 cm³/mol. The van der Waals surface area contributed by atoms with Gasteiger partial charge in [0, 0.05) is 32.1 Å². The highest BCUT2D eigenvalue weighted by atomic mass is 16.2. The third kappa shape index (κ3) is 1.69. The summed E-state index contributed by atoms with van der Waals surface area (Å²) in [4.78, 5) is 22.9. The zero-order valence-corrected chi connectivity index (χ0v) is 9.16. The largest absolute Gasteiger partial charge is 0.355 e. The Morgan fingerprint density at radius 1 is 1.25 bits per heavy atom. The number of hydrogen-bond donors (Lipinski definition) is 3. The van der Waals surface area contributed by atoms with Crippen molar-refractivity contribution in [1.82, 2.24) is 16.0 Å². The SMILES string of the molecule is O=C1CCC(C(=O)NC2C3CNCC32)CN1. The zero-order chi connectivity index (χ0) is 11.1. The topological polar surface area (TPSA) is 70.2 Å². The summed E-state index contributed by atoms with van der Waals surface area (Å²) >= 11 is 0. The minimum atomic E-state index is -0.0213. The van der Waals surface area contributed by atoms with Crippen LogP contribution in [0.2, 0.25) is 0 Å². The van der Waals surface area contributed by atoms with E-state index in [1.165, 1.54) is 0 Å². The second-order valence-electron chi connectivity index (χ2n) is 5.06. The van der Waals surface area contributed by atoms with Crippen LogP contribution in [0.1, 0.15) is 12.8 Å². The van der Waals surface area contributed by atoms with E-state index in [2.05, 4.69) is 16.0 Å². The molecule has 0 aromatic carbocycles. The molecule has 3 atom stereocenters. The van der Waals surface area contributed by atoms with E-state index in [1.807, 2.05) is 0 Å². The minimum Gasteiger partial charge on any atom is -0.355 e. The van der Waals surface area contributed by atoms with Crippen molar-refractivity contribution in [3.8, 4) is 0 Å². The van der Waals surface area contributed by atoms with Gasteiger partial charge in [-0.25, -0.2) is 0 Å². The van der Waals surface area contributed by atoms with Gasteiger partial charge in [-0.15, -0.1) is 0 Å². The lowest BCUT2D eigenvalue weighted by atomic mass is 9.98. The van der Waals surface area contributed by atoms with Crippen molar-refractivity contribution >= 4 is 11.8 Å². The van der Waals surface area contributed by atoms with E-state index in [9.17, 15) is 9.59 Å². The molecule has 0 bridgehead atoms. The number of carbonyl (C=O) groups excluding carboxylic acids is 2. The molecule has 3 aliphatic rings. The molecular formula is C11H17N3O2. The lowest BCUT2D eigenvalue weighted by molar-refractivity contribution is -0.129. The van der Waals surface area contributed by atoms with Crippen LogP contribution in [0.3, 0.4) is 0 Å². The Hall–Kier alpha value is -1.10. The van der Waals surface area contributed by atoms with Crippen LogP contribution in [0.5, 0.6) is 0 Å². The summed E-state index contributed by atoms with van der Waals surface area (Å²) in [6.45, 7) is 2.58. The van der Waals surface area contributed by atoms with E-state index >= 15 is 0 Å². The molecule has 0 aromatic rings. The van der Waals surface area contributed by atoms with Crippen LogP contribution in [-0.4, -0.2) is 37.5 Å². The second kappa shape index (κ2) is 3.73. The Labute approximate surface area is 94.3 Å². The van der Waals surface area contributed by atoms with Gasteiger partial charge in [-0.3, -0.25) is 9.59 Å². The summed E-state index contributed by atoms with van der Waals surface area (Å²) < 4.78 is 0. The third-order valence-corrected chi connectivity index (χ3v) is 4.04. The fourth-order valence-electron chi connectivity index (χ4n) is 2.87. The minimum absolute atomic E-state index is 0.0213. The van der Waals surface area contributed by atoms with Gasteiger partial charge in [0.1, 0.15) is 0 Å². The van der Waals surface area contributed by atoms with E-state index in [-0.39, 0.29) is 17.7 Å². The van der Waals surface area contributed by atoms with Crippen LogP contribution in [0.15, 0.2) is 0 Å². The van der Waals surface area contributed by atoms with Gasteiger partial charge in [0.2, 0.25) is 11.8 Å². The molecule has 0 spiro atoms. The molecule has 2 amide bonds. The number of carbonyl (C=O) groups is 2. The second-order valence-corrected chi connectivity index (χ2v) is 5.06. The summed E-state index contributed by atoms with van der Waals surface area (Å²) in [5.41, 5.74) is 0. The Morgan fingerprint density at radius 2 is 2.00 bits per heavy atom. The van der Waals surface area contributed by atoms with Crippen molar-refractivity contribution in [2.75, 3.05) is 19.6 Å². The maximum atomic E-state index is 11.9. The van der Waals surface area contributed by atoms with Crippen LogP contribution in [-0.2, 0) is 9.59 Å². The van der Waals surface area contributed by atoms with Crippen LogP contribution in [0, 0.1) is 17.8 Å². The van der Waals surface area contributed by atoms with Crippen molar-refractivity contribution in [3.63, 3.8) is 0 Å². The van der Waals surface area contributed by atoms with Crippen LogP contribution in [0.4, 0.5) is 0 Å². The highest BCUT2D eigenvalue weighted by Crippen LogP contribution is 2.41. The molecule has 16 heavy (non-hydrogen) atoms. The Kier molecular flexibility index (Phi) is 2.35. The number of fused-ring (bicyclic) bond motifs is 1. The quantitative estimate of drug-likeness (QED) is 0.553. The molecule has 3 N–H and O–H groups in total. The van der Waals surface area contributed by atoms with Gasteiger partial charge in [0.25, 0.3) is 0 Å². The van der Waals surface area contributed by atoms with E-state index < -0.39 is 0 Å². The predicted octanol–water partition coefficient (Wildman–Crippen LogP) is -1.15. The first kappa shape index (κ1) is 10.1. The van der Waals surface area contributed by atoms with Crippen LogP contribution >= 0.6 is 0 Å². The molecule has 2 heterocycles. The summed E-state index contributed by atoms with van der Waals surface area (Å²) in [5.74, 6) is 1.48. The van der Waals surface area contributed by atoms with Crippen molar-refractivity contribution < 1.29 is 9.59 Å². The standard InChI is InChI=1S/C11H17N3O2/c15-9-2-1-6(3-13-9)11(16)14-10-7-4-12-5-8(7)10/h6-8,10,12H,1-5H2,(H,13,15)(H,14,16). The fourth-order valence-corrected chi connectivity index (χ4v) is 2.87.